The summed E-state index contributed by atoms with van der Waals surface area (Å²) in [5.41, 5.74) is 10.6. The molecule has 5 N–H and O–H groups in total. The molecule has 116 valence electrons. The number of hydrogen-bond acceptors (Lipinski definition) is 5. The quantitative estimate of drug-likeness (QED) is 0.725. The van der Waals surface area contributed by atoms with Gasteiger partial charge in [-0.1, -0.05) is 25.4 Å². The van der Waals surface area contributed by atoms with Crippen LogP contribution >= 0.6 is 24.0 Å². The van der Waals surface area contributed by atoms with Gasteiger partial charge in [0.05, 0.1) is 5.02 Å². The molecule has 0 fully saturated rings. The second-order valence-corrected chi connectivity index (χ2v) is 6.42. The second kappa shape index (κ2) is 7.42. The van der Waals surface area contributed by atoms with Gasteiger partial charge in [-0.05, 0) is 18.9 Å². The molecule has 0 saturated carbocycles. The van der Waals surface area contributed by atoms with Crippen molar-refractivity contribution >= 4 is 39.8 Å². The Bertz CT molecular complexity index is 539. The predicted octanol–water partition coefficient (Wildman–Crippen LogP) is 1.53. The molecule has 0 aliphatic carbocycles. The molecule has 0 radical (unpaired) electrons. The van der Waals surface area contributed by atoms with Crippen LogP contribution in [0.4, 0.5) is 5.82 Å². The van der Waals surface area contributed by atoms with Crippen molar-refractivity contribution in [1.29, 1.82) is 0 Å². The fraction of sp³-hybridized carbons (Fsp3) is 0.545. The van der Waals surface area contributed by atoms with E-state index in [0.717, 1.165) is 0 Å². The lowest BCUT2D eigenvalue weighted by atomic mass is 9.95. The first kappa shape index (κ1) is 19.4. The number of nitrogen functional groups attached to an aromatic ring is 1. The minimum absolute atomic E-state index is 0. The lowest BCUT2D eigenvalue weighted by Crippen LogP contribution is -2.52. The summed E-state index contributed by atoms with van der Waals surface area (Å²) in [6, 6.07) is 1.28. The van der Waals surface area contributed by atoms with Crippen LogP contribution in [0.3, 0.4) is 0 Å². The van der Waals surface area contributed by atoms with Crippen LogP contribution in [0, 0.1) is 0 Å². The Labute approximate surface area is 130 Å². The lowest BCUT2D eigenvalue weighted by Gasteiger charge is -2.31. The zero-order valence-electron chi connectivity index (χ0n) is 11.4. The summed E-state index contributed by atoms with van der Waals surface area (Å²) < 4.78 is 27.3. The van der Waals surface area contributed by atoms with E-state index in [0.29, 0.717) is 12.8 Å². The van der Waals surface area contributed by atoms with Gasteiger partial charge in [0, 0.05) is 18.3 Å². The van der Waals surface area contributed by atoms with Crippen LogP contribution in [0.1, 0.15) is 26.7 Å². The predicted molar refractivity (Wildman–Crippen MR) is 83.6 cm³/mol. The van der Waals surface area contributed by atoms with Gasteiger partial charge in [-0.2, -0.15) is 0 Å². The molecular weight excluding hydrogens is 323 g/mol. The van der Waals surface area contributed by atoms with E-state index in [1.807, 2.05) is 13.8 Å². The van der Waals surface area contributed by atoms with Crippen molar-refractivity contribution in [3.63, 3.8) is 0 Å². The van der Waals surface area contributed by atoms with Gasteiger partial charge in [-0.25, -0.2) is 18.1 Å². The van der Waals surface area contributed by atoms with Crippen molar-refractivity contribution in [2.24, 2.45) is 5.73 Å². The van der Waals surface area contributed by atoms with Gasteiger partial charge in [-0.3, -0.25) is 0 Å². The summed E-state index contributed by atoms with van der Waals surface area (Å²) in [6.07, 6.45) is 2.45. The fourth-order valence-electron chi connectivity index (χ4n) is 1.71. The van der Waals surface area contributed by atoms with Crippen molar-refractivity contribution in [2.45, 2.75) is 37.1 Å². The van der Waals surface area contributed by atoms with E-state index in [1.165, 1.54) is 12.3 Å². The van der Waals surface area contributed by atoms with Crippen molar-refractivity contribution in [3.8, 4) is 0 Å². The molecule has 6 nitrogen and oxygen atoms in total. The maximum atomic E-state index is 12.4. The summed E-state index contributed by atoms with van der Waals surface area (Å²) in [7, 11) is -3.81. The number of halogens is 2. The third-order valence-corrected chi connectivity index (χ3v) is 5.05. The van der Waals surface area contributed by atoms with E-state index in [-0.39, 0.29) is 34.7 Å². The van der Waals surface area contributed by atoms with Crippen molar-refractivity contribution in [2.75, 3.05) is 12.3 Å². The number of nitrogens with zero attached hydrogens (tertiary/aromatic N) is 1. The summed E-state index contributed by atoms with van der Waals surface area (Å²) in [4.78, 5) is 3.62. The number of pyridine rings is 1. The second-order valence-electron chi connectivity index (χ2n) is 4.33. The van der Waals surface area contributed by atoms with Crippen LogP contribution < -0.4 is 16.2 Å². The first-order valence-electron chi connectivity index (χ1n) is 5.95. The molecule has 1 heterocycles. The van der Waals surface area contributed by atoms with Crippen LogP contribution in [0.5, 0.6) is 0 Å². The number of nitrogens with one attached hydrogen (secondary N) is 1. The Balaban J connectivity index is 0.00000361. The average Bonchev–Trinajstić information content (AvgIpc) is 2.39. The molecule has 0 bridgehead atoms. The number of hydrogen-bond donors (Lipinski definition) is 3. The lowest BCUT2D eigenvalue weighted by molar-refractivity contribution is 0.363. The largest absolute Gasteiger partial charge is 0.383 e. The monoisotopic (exact) mass is 342 g/mol. The molecule has 0 aliphatic rings. The molecule has 9 heteroatoms. The summed E-state index contributed by atoms with van der Waals surface area (Å²) >= 11 is 5.76. The van der Waals surface area contributed by atoms with Crippen molar-refractivity contribution < 1.29 is 8.42 Å². The minimum Gasteiger partial charge on any atom is -0.383 e. The molecule has 1 rings (SSSR count). The molecular formula is C11H20Cl2N4O2S. The maximum Gasteiger partial charge on any atom is 0.244 e. The Hall–Kier alpha value is -0.600. The zero-order chi connectivity index (χ0) is 14.7. The highest BCUT2D eigenvalue weighted by molar-refractivity contribution is 7.89. The molecule has 0 aliphatic heterocycles. The Morgan fingerprint density at radius 3 is 2.40 bits per heavy atom. The molecule has 0 aromatic carbocycles. The number of rotatable bonds is 6. The Morgan fingerprint density at radius 1 is 1.40 bits per heavy atom. The van der Waals surface area contributed by atoms with E-state index in [9.17, 15) is 8.42 Å². The van der Waals surface area contributed by atoms with E-state index >= 15 is 0 Å². The van der Waals surface area contributed by atoms with E-state index in [2.05, 4.69) is 9.71 Å². The first-order chi connectivity index (χ1) is 8.80. The molecule has 20 heavy (non-hydrogen) atoms. The van der Waals surface area contributed by atoms with E-state index in [1.54, 1.807) is 0 Å². The minimum atomic E-state index is -3.81. The molecule has 0 atom stereocenters. The highest BCUT2D eigenvalue weighted by Gasteiger charge is 2.32. The molecule has 1 aromatic rings. The Kier molecular flexibility index (Phi) is 7.20. The van der Waals surface area contributed by atoms with Gasteiger partial charge in [0.1, 0.15) is 10.7 Å². The number of anilines is 1. The van der Waals surface area contributed by atoms with Crippen LogP contribution in [-0.4, -0.2) is 25.5 Å². The van der Waals surface area contributed by atoms with Crippen LogP contribution in [0.15, 0.2) is 17.2 Å². The summed E-state index contributed by atoms with van der Waals surface area (Å²) in [5, 5.41) is 0.209. The normalized spacial score (nSPS) is 12.0. The summed E-state index contributed by atoms with van der Waals surface area (Å²) in [6.45, 7) is 3.95. The highest BCUT2D eigenvalue weighted by Crippen LogP contribution is 2.23. The van der Waals surface area contributed by atoms with Gasteiger partial charge in [0.25, 0.3) is 0 Å². The topological polar surface area (TPSA) is 111 Å². The summed E-state index contributed by atoms with van der Waals surface area (Å²) in [5.74, 6) is -0.0879. The first-order valence-corrected chi connectivity index (χ1v) is 7.81. The van der Waals surface area contributed by atoms with Gasteiger partial charge in [0.15, 0.2) is 0 Å². The Morgan fingerprint density at radius 2 is 1.95 bits per heavy atom. The SMILES string of the molecule is CCC(CC)(CN)NS(=O)(=O)c1cc(Cl)cnc1N.Cl. The van der Waals surface area contributed by atoms with Gasteiger partial charge >= 0.3 is 0 Å². The van der Waals surface area contributed by atoms with Gasteiger partial charge < -0.3 is 11.5 Å². The van der Waals surface area contributed by atoms with Crippen LogP contribution in [0.25, 0.3) is 0 Å². The molecule has 0 spiro atoms. The van der Waals surface area contributed by atoms with Gasteiger partial charge in [0.2, 0.25) is 10.0 Å². The maximum absolute atomic E-state index is 12.4. The van der Waals surface area contributed by atoms with Crippen LogP contribution in [0.2, 0.25) is 5.02 Å². The van der Waals surface area contributed by atoms with E-state index in [4.69, 9.17) is 23.1 Å². The molecule has 0 unspecified atom stereocenters. The van der Waals surface area contributed by atoms with Crippen molar-refractivity contribution in [3.05, 3.63) is 17.3 Å². The number of sulfonamides is 1. The standard InChI is InChI=1S/C11H19ClN4O2S.ClH/c1-3-11(4-2,7-13)16-19(17,18)9-5-8(12)6-15-10(9)14;/h5-6,16H,3-4,7,13H2,1-2H3,(H2,14,15);1H. The smallest absolute Gasteiger partial charge is 0.244 e. The van der Waals surface area contributed by atoms with Gasteiger partial charge in [-0.15, -0.1) is 12.4 Å². The number of nitrogens with two attached hydrogens (primary N) is 2. The molecule has 1 aromatic heterocycles. The van der Waals surface area contributed by atoms with Crippen molar-refractivity contribution in [1.82, 2.24) is 9.71 Å². The average molecular weight is 343 g/mol. The molecule has 0 amide bonds. The fourth-order valence-corrected chi connectivity index (χ4v) is 3.60. The zero-order valence-corrected chi connectivity index (χ0v) is 13.8. The molecule has 0 saturated heterocycles. The third-order valence-electron chi connectivity index (χ3n) is 3.23. The van der Waals surface area contributed by atoms with E-state index < -0.39 is 15.6 Å². The highest BCUT2D eigenvalue weighted by atomic mass is 35.5. The van der Waals surface area contributed by atoms with Crippen LogP contribution in [-0.2, 0) is 10.0 Å². The number of aromatic nitrogens is 1. The third kappa shape index (κ3) is 4.20.